The average molecular weight is 391 g/mol. The van der Waals surface area contributed by atoms with Crippen LogP contribution in [-0.2, 0) is 0 Å². The molecule has 3 aromatic rings. The van der Waals surface area contributed by atoms with E-state index in [0.717, 1.165) is 0 Å². The average Bonchev–Trinajstić information content (AvgIpc) is 3.29. The highest BCUT2D eigenvalue weighted by atomic mass is 16.4. The molecule has 3 amide bonds. The minimum atomic E-state index is -0.445. The number of urea groups is 1. The van der Waals surface area contributed by atoms with Gasteiger partial charge in [-0.25, -0.2) is 4.79 Å². The number of carbonyl (C=O) groups is 2. The van der Waals surface area contributed by atoms with Crippen molar-refractivity contribution in [1.82, 2.24) is 9.88 Å². The fourth-order valence-corrected chi connectivity index (χ4v) is 2.82. The Balaban J connectivity index is 1.76. The molecule has 0 atom stereocenters. The van der Waals surface area contributed by atoms with Crippen molar-refractivity contribution in [1.29, 1.82) is 5.26 Å². The fraction of sp³-hybridized carbons (Fsp3) is 0.190. The van der Waals surface area contributed by atoms with Crippen LogP contribution < -0.4 is 16.0 Å². The third-order valence-corrected chi connectivity index (χ3v) is 4.06. The van der Waals surface area contributed by atoms with Gasteiger partial charge < -0.3 is 20.4 Å². The molecule has 8 nitrogen and oxygen atoms in total. The van der Waals surface area contributed by atoms with Gasteiger partial charge in [-0.15, -0.1) is 0 Å². The number of nitrogens with zero attached hydrogens (tertiary/aromatic N) is 2. The minimum absolute atomic E-state index is 0.0255. The molecule has 3 N–H and O–H groups in total. The summed E-state index contributed by atoms with van der Waals surface area (Å²) in [5.74, 6) is 0.210. The van der Waals surface area contributed by atoms with E-state index in [1.54, 1.807) is 60.3 Å². The summed E-state index contributed by atoms with van der Waals surface area (Å²) in [6.07, 6.45) is 3.48. The van der Waals surface area contributed by atoms with Gasteiger partial charge in [0.15, 0.2) is 0 Å². The lowest BCUT2D eigenvalue weighted by atomic mass is 10.1. The number of aromatic nitrogens is 1. The molecular formula is C21H21N5O3. The van der Waals surface area contributed by atoms with Crippen LogP contribution in [0.5, 0.6) is 0 Å². The van der Waals surface area contributed by atoms with Gasteiger partial charge in [0.25, 0.3) is 5.91 Å². The topological polar surface area (TPSA) is 112 Å². The predicted octanol–water partition coefficient (Wildman–Crippen LogP) is 4.03. The summed E-state index contributed by atoms with van der Waals surface area (Å²) < 4.78 is 7.30. The molecule has 0 aliphatic rings. The highest BCUT2D eigenvalue weighted by Gasteiger charge is 2.24. The first-order chi connectivity index (χ1) is 13.9. The number of nitrogens with one attached hydrogen (secondary N) is 3. The summed E-state index contributed by atoms with van der Waals surface area (Å²) in [5, 5.41) is 17.8. The van der Waals surface area contributed by atoms with Crippen molar-refractivity contribution in [2.24, 2.45) is 0 Å². The van der Waals surface area contributed by atoms with Gasteiger partial charge >= 0.3 is 6.03 Å². The maximum atomic E-state index is 12.8. The SMILES string of the molecule is Cc1oc(-n2cccc2)c(C#N)c1C(=O)Nc1ccc(NC(=O)NC(C)C)cc1. The number of amides is 3. The third kappa shape index (κ3) is 4.47. The van der Waals surface area contributed by atoms with E-state index >= 15 is 0 Å². The normalized spacial score (nSPS) is 10.4. The second kappa shape index (κ2) is 8.35. The molecule has 0 fully saturated rings. The van der Waals surface area contributed by atoms with Gasteiger partial charge in [0.2, 0.25) is 5.88 Å². The van der Waals surface area contributed by atoms with Crippen molar-refractivity contribution in [2.75, 3.05) is 10.6 Å². The fourth-order valence-electron chi connectivity index (χ4n) is 2.82. The van der Waals surface area contributed by atoms with Crippen molar-refractivity contribution in [3.8, 4) is 12.0 Å². The van der Waals surface area contributed by atoms with Gasteiger partial charge in [-0.1, -0.05) is 0 Å². The summed E-state index contributed by atoms with van der Waals surface area (Å²) in [6.45, 7) is 5.38. The van der Waals surface area contributed by atoms with E-state index in [-0.39, 0.29) is 23.2 Å². The van der Waals surface area contributed by atoms with Crippen LogP contribution in [0.2, 0.25) is 0 Å². The van der Waals surface area contributed by atoms with Crippen LogP contribution in [0, 0.1) is 18.3 Å². The number of benzene rings is 1. The molecule has 0 aliphatic carbocycles. The molecule has 2 aromatic heterocycles. The van der Waals surface area contributed by atoms with Gasteiger partial charge in [0.05, 0.1) is 0 Å². The zero-order valence-electron chi connectivity index (χ0n) is 16.3. The Kier molecular flexibility index (Phi) is 5.69. The molecule has 3 rings (SSSR count). The van der Waals surface area contributed by atoms with Crippen LogP contribution in [0.25, 0.3) is 5.88 Å². The van der Waals surface area contributed by atoms with Crippen LogP contribution in [0.1, 0.15) is 35.5 Å². The highest BCUT2D eigenvalue weighted by Crippen LogP contribution is 2.26. The standard InChI is InChI=1S/C21H21N5O3/c1-13(2)23-21(28)25-16-8-6-15(7-9-16)24-19(27)18-14(3)29-20(17(18)12-22)26-10-4-5-11-26/h4-11,13H,1-3H3,(H,24,27)(H2,23,25,28). The summed E-state index contributed by atoms with van der Waals surface area (Å²) >= 11 is 0. The Morgan fingerprint density at radius 2 is 1.66 bits per heavy atom. The maximum absolute atomic E-state index is 12.8. The van der Waals surface area contributed by atoms with Crippen LogP contribution in [-0.4, -0.2) is 22.5 Å². The molecule has 0 aliphatic heterocycles. The summed E-state index contributed by atoms with van der Waals surface area (Å²) in [4.78, 5) is 24.5. The molecule has 29 heavy (non-hydrogen) atoms. The van der Waals surface area contributed by atoms with Crippen molar-refractivity contribution >= 4 is 23.3 Å². The lowest BCUT2D eigenvalue weighted by Crippen LogP contribution is -2.34. The Bertz CT molecular complexity index is 1060. The van der Waals surface area contributed by atoms with Crippen LogP contribution >= 0.6 is 0 Å². The largest absolute Gasteiger partial charge is 0.443 e. The number of rotatable bonds is 5. The Morgan fingerprint density at radius 3 is 2.21 bits per heavy atom. The number of anilines is 2. The molecule has 0 bridgehead atoms. The molecule has 1 aromatic carbocycles. The zero-order chi connectivity index (χ0) is 21.0. The first kappa shape index (κ1) is 19.8. The van der Waals surface area contributed by atoms with Gasteiger partial charge in [0, 0.05) is 29.8 Å². The van der Waals surface area contributed by atoms with Crippen molar-refractivity contribution in [3.05, 3.63) is 65.7 Å². The molecule has 0 radical (unpaired) electrons. The highest BCUT2D eigenvalue weighted by molar-refractivity contribution is 6.07. The molecule has 0 spiro atoms. The maximum Gasteiger partial charge on any atom is 0.319 e. The third-order valence-electron chi connectivity index (χ3n) is 4.06. The van der Waals surface area contributed by atoms with E-state index in [0.29, 0.717) is 23.0 Å². The quantitative estimate of drug-likeness (QED) is 0.609. The molecule has 0 unspecified atom stereocenters. The van der Waals surface area contributed by atoms with Crippen LogP contribution in [0.15, 0.2) is 53.2 Å². The van der Waals surface area contributed by atoms with Crippen LogP contribution in [0.3, 0.4) is 0 Å². The first-order valence-corrected chi connectivity index (χ1v) is 9.04. The number of aryl methyl sites for hydroxylation is 1. The minimum Gasteiger partial charge on any atom is -0.443 e. The molecule has 0 saturated carbocycles. The van der Waals surface area contributed by atoms with Crippen molar-refractivity contribution in [3.63, 3.8) is 0 Å². The first-order valence-electron chi connectivity index (χ1n) is 9.04. The number of furan rings is 1. The molecular weight excluding hydrogens is 370 g/mol. The monoisotopic (exact) mass is 391 g/mol. The van der Waals surface area contributed by atoms with Crippen molar-refractivity contribution < 1.29 is 14.0 Å². The van der Waals surface area contributed by atoms with Gasteiger partial charge in [0.1, 0.15) is 23.0 Å². The van der Waals surface area contributed by atoms with Crippen molar-refractivity contribution in [2.45, 2.75) is 26.8 Å². The molecule has 0 saturated heterocycles. The van der Waals surface area contributed by atoms with E-state index in [2.05, 4.69) is 22.0 Å². The predicted molar refractivity (Wildman–Crippen MR) is 109 cm³/mol. The Hall–Kier alpha value is -3.99. The van der Waals surface area contributed by atoms with E-state index < -0.39 is 5.91 Å². The zero-order valence-corrected chi connectivity index (χ0v) is 16.3. The molecule has 148 valence electrons. The smallest absolute Gasteiger partial charge is 0.319 e. The summed E-state index contributed by atoms with van der Waals surface area (Å²) in [6, 6.07) is 12.1. The number of hydrogen-bond donors (Lipinski definition) is 3. The van der Waals surface area contributed by atoms with Gasteiger partial charge in [-0.3, -0.25) is 9.36 Å². The lowest BCUT2D eigenvalue weighted by Gasteiger charge is -2.11. The second-order valence-corrected chi connectivity index (χ2v) is 6.70. The number of hydrogen-bond acceptors (Lipinski definition) is 4. The summed E-state index contributed by atoms with van der Waals surface area (Å²) in [5.41, 5.74) is 1.47. The molecule has 8 heteroatoms. The van der Waals surface area contributed by atoms with Gasteiger partial charge in [-0.05, 0) is 57.2 Å². The second-order valence-electron chi connectivity index (χ2n) is 6.70. The van der Waals surface area contributed by atoms with E-state index in [1.807, 2.05) is 13.8 Å². The molecule has 2 heterocycles. The Labute approximate surface area is 168 Å². The summed E-state index contributed by atoms with van der Waals surface area (Å²) in [7, 11) is 0. The lowest BCUT2D eigenvalue weighted by molar-refractivity contribution is 0.102. The van der Waals surface area contributed by atoms with E-state index in [4.69, 9.17) is 4.42 Å². The van der Waals surface area contributed by atoms with Gasteiger partial charge in [-0.2, -0.15) is 5.26 Å². The Morgan fingerprint density at radius 1 is 1.07 bits per heavy atom. The van der Waals surface area contributed by atoms with E-state index in [9.17, 15) is 14.9 Å². The van der Waals surface area contributed by atoms with Crippen LogP contribution in [0.4, 0.5) is 16.2 Å². The number of carbonyl (C=O) groups excluding carboxylic acids is 2. The number of nitriles is 1. The van der Waals surface area contributed by atoms with E-state index in [1.165, 1.54) is 0 Å².